The van der Waals surface area contributed by atoms with Crippen molar-refractivity contribution in [3.05, 3.63) is 0 Å². The van der Waals surface area contributed by atoms with Crippen molar-refractivity contribution in [2.45, 2.75) is 60.4 Å². The molecule has 1 atom stereocenters. The van der Waals surface area contributed by atoms with Crippen LogP contribution in [0.5, 0.6) is 0 Å². The number of nitrogens with zero attached hydrogens (tertiary/aromatic N) is 1. The fraction of sp³-hybridized carbons (Fsp3) is 1.00. The molecule has 0 aliphatic carbocycles. The second kappa shape index (κ2) is 7.94. The molecule has 0 amide bonds. The van der Waals surface area contributed by atoms with Crippen molar-refractivity contribution >= 4 is 0 Å². The highest BCUT2D eigenvalue weighted by molar-refractivity contribution is 4.89. The predicted molar refractivity (Wildman–Crippen MR) is 91.7 cm³/mol. The molecule has 0 bridgehead atoms. The lowest BCUT2D eigenvalue weighted by Crippen LogP contribution is -2.51. The van der Waals surface area contributed by atoms with Crippen LogP contribution in [-0.2, 0) is 4.74 Å². The van der Waals surface area contributed by atoms with Gasteiger partial charge in [0.1, 0.15) is 0 Å². The van der Waals surface area contributed by atoms with Gasteiger partial charge in [-0.1, -0.05) is 34.6 Å². The van der Waals surface area contributed by atoms with Crippen molar-refractivity contribution < 1.29 is 4.74 Å². The fourth-order valence-corrected chi connectivity index (χ4v) is 3.15. The predicted octanol–water partition coefficient (Wildman–Crippen LogP) is 3.40. The van der Waals surface area contributed by atoms with Crippen molar-refractivity contribution in [1.82, 2.24) is 10.2 Å². The van der Waals surface area contributed by atoms with Crippen molar-refractivity contribution in [2.24, 2.45) is 16.7 Å². The number of rotatable bonds is 7. The molecule has 3 heteroatoms. The van der Waals surface area contributed by atoms with Crippen molar-refractivity contribution in [3.63, 3.8) is 0 Å². The van der Waals surface area contributed by atoms with Crippen molar-refractivity contribution in [1.29, 1.82) is 0 Å². The quantitative estimate of drug-likeness (QED) is 0.779. The van der Waals surface area contributed by atoms with Crippen LogP contribution in [0.3, 0.4) is 0 Å². The Morgan fingerprint density at radius 2 is 1.71 bits per heavy atom. The number of nitrogens with one attached hydrogen (secondary N) is 1. The first kappa shape index (κ1) is 18.9. The van der Waals surface area contributed by atoms with E-state index in [-0.39, 0.29) is 0 Å². The Hall–Kier alpha value is -0.120. The van der Waals surface area contributed by atoms with Crippen LogP contribution in [0.2, 0.25) is 0 Å². The smallest absolute Gasteiger partial charge is 0.0472 e. The van der Waals surface area contributed by atoms with E-state index in [9.17, 15) is 0 Å². The lowest BCUT2D eigenvalue weighted by molar-refractivity contribution is -0.0141. The molecule has 1 aliphatic rings. The minimum atomic E-state index is 0.326. The van der Waals surface area contributed by atoms with E-state index < -0.39 is 0 Å². The van der Waals surface area contributed by atoms with E-state index in [4.69, 9.17) is 4.74 Å². The summed E-state index contributed by atoms with van der Waals surface area (Å²) in [7, 11) is 2.29. The number of hydrogen-bond acceptors (Lipinski definition) is 3. The van der Waals surface area contributed by atoms with Gasteiger partial charge in [0.25, 0.3) is 0 Å². The lowest BCUT2D eigenvalue weighted by Gasteiger charge is -2.44. The van der Waals surface area contributed by atoms with E-state index in [1.807, 2.05) is 0 Å². The zero-order valence-corrected chi connectivity index (χ0v) is 15.5. The Labute approximate surface area is 132 Å². The van der Waals surface area contributed by atoms with Gasteiger partial charge in [-0.3, -0.25) is 0 Å². The van der Waals surface area contributed by atoms with E-state index in [0.717, 1.165) is 26.3 Å². The molecule has 0 radical (unpaired) electrons. The molecule has 21 heavy (non-hydrogen) atoms. The zero-order chi connectivity index (χ0) is 16.1. The molecular weight excluding hydrogens is 260 g/mol. The molecular formula is C18H38N2O. The average molecular weight is 299 g/mol. The van der Waals surface area contributed by atoms with Gasteiger partial charge in [-0.2, -0.15) is 0 Å². The summed E-state index contributed by atoms with van der Waals surface area (Å²) >= 11 is 0. The van der Waals surface area contributed by atoms with Crippen LogP contribution in [0.1, 0.15) is 54.4 Å². The molecule has 0 aromatic carbocycles. The SMILES string of the molecule is CC(C)CNCC1(CN(C)C(C)C(C)(C)C)CCOCC1. The van der Waals surface area contributed by atoms with E-state index in [1.165, 1.54) is 19.4 Å². The maximum absolute atomic E-state index is 5.62. The summed E-state index contributed by atoms with van der Waals surface area (Å²) in [6.45, 7) is 19.1. The molecule has 0 spiro atoms. The maximum atomic E-state index is 5.62. The van der Waals surface area contributed by atoms with Crippen LogP contribution >= 0.6 is 0 Å². The molecule has 1 aliphatic heterocycles. The van der Waals surface area contributed by atoms with Gasteiger partial charge in [0.2, 0.25) is 0 Å². The largest absolute Gasteiger partial charge is 0.381 e. The van der Waals surface area contributed by atoms with Crippen molar-refractivity contribution in [2.75, 3.05) is 39.9 Å². The molecule has 0 aromatic heterocycles. The second-order valence-corrected chi connectivity index (χ2v) is 8.59. The second-order valence-electron chi connectivity index (χ2n) is 8.59. The standard InChI is InChI=1S/C18H38N2O/c1-15(2)12-19-13-18(8-10-21-11-9-18)14-20(7)16(3)17(4,5)6/h15-16,19H,8-14H2,1-7H3. The van der Waals surface area contributed by atoms with Gasteiger partial charge in [0.15, 0.2) is 0 Å². The van der Waals surface area contributed by atoms with Gasteiger partial charge in [0.05, 0.1) is 0 Å². The first-order valence-electron chi connectivity index (χ1n) is 8.65. The monoisotopic (exact) mass is 298 g/mol. The first-order valence-corrected chi connectivity index (χ1v) is 8.65. The average Bonchev–Trinajstić information content (AvgIpc) is 2.37. The van der Waals surface area contributed by atoms with E-state index >= 15 is 0 Å². The summed E-state index contributed by atoms with van der Waals surface area (Å²) < 4.78 is 5.62. The highest BCUT2D eigenvalue weighted by atomic mass is 16.5. The first-order chi connectivity index (χ1) is 9.66. The third kappa shape index (κ3) is 6.25. The van der Waals surface area contributed by atoms with Gasteiger partial charge in [-0.25, -0.2) is 0 Å². The molecule has 1 unspecified atom stereocenters. The summed E-state index contributed by atoms with van der Waals surface area (Å²) in [4.78, 5) is 2.56. The highest BCUT2D eigenvalue weighted by Gasteiger charge is 2.36. The minimum absolute atomic E-state index is 0.326. The normalized spacial score (nSPS) is 21.0. The van der Waals surface area contributed by atoms with Crippen LogP contribution in [0, 0.1) is 16.7 Å². The summed E-state index contributed by atoms with van der Waals surface area (Å²) in [5, 5.41) is 3.70. The number of ether oxygens (including phenoxy) is 1. The topological polar surface area (TPSA) is 24.5 Å². The third-order valence-electron chi connectivity index (χ3n) is 5.11. The highest BCUT2D eigenvalue weighted by Crippen LogP contribution is 2.33. The van der Waals surface area contributed by atoms with Crippen LogP contribution in [0.25, 0.3) is 0 Å². The van der Waals surface area contributed by atoms with Crippen LogP contribution in [0.4, 0.5) is 0 Å². The Bertz CT molecular complexity index is 290. The maximum Gasteiger partial charge on any atom is 0.0472 e. The minimum Gasteiger partial charge on any atom is -0.381 e. The molecule has 1 N–H and O–H groups in total. The fourth-order valence-electron chi connectivity index (χ4n) is 3.15. The summed E-state index contributed by atoms with van der Waals surface area (Å²) in [6, 6.07) is 0.585. The summed E-state index contributed by atoms with van der Waals surface area (Å²) in [6.07, 6.45) is 2.36. The van der Waals surface area contributed by atoms with Gasteiger partial charge >= 0.3 is 0 Å². The Kier molecular flexibility index (Phi) is 7.15. The Morgan fingerprint density at radius 3 is 2.19 bits per heavy atom. The summed E-state index contributed by atoms with van der Waals surface area (Å²) in [5.41, 5.74) is 0.702. The molecule has 0 saturated carbocycles. The molecule has 1 rings (SSSR count). The van der Waals surface area contributed by atoms with Crippen LogP contribution in [0.15, 0.2) is 0 Å². The third-order valence-corrected chi connectivity index (χ3v) is 5.11. The molecule has 1 saturated heterocycles. The zero-order valence-electron chi connectivity index (χ0n) is 15.5. The molecule has 0 aromatic rings. The number of hydrogen-bond donors (Lipinski definition) is 1. The van der Waals surface area contributed by atoms with Gasteiger partial charge in [0, 0.05) is 32.3 Å². The Balaban J connectivity index is 2.64. The molecule has 1 fully saturated rings. The van der Waals surface area contributed by atoms with Gasteiger partial charge in [-0.15, -0.1) is 0 Å². The van der Waals surface area contributed by atoms with E-state index in [2.05, 4.69) is 58.8 Å². The lowest BCUT2D eigenvalue weighted by atomic mass is 9.78. The molecule has 1 heterocycles. The van der Waals surface area contributed by atoms with E-state index in [0.29, 0.717) is 22.8 Å². The molecule has 3 nitrogen and oxygen atoms in total. The van der Waals surface area contributed by atoms with Crippen LogP contribution < -0.4 is 5.32 Å². The summed E-state index contributed by atoms with van der Waals surface area (Å²) in [5.74, 6) is 0.716. The van der Waals surface area contributed by atoms with Crippen LogP contribution in [-0.4, -0.2) is 50.8 Å². The molecule has 126 valence electrons. The van der Waals surface area contributed by atoms with Gasteiger partial charge in [-0.05, 0) is 50.1 Å². The Morgan fingerprint density at radius 1 is 1.14 bits per heavy atom. The van der Waals surface area contributed by atoms with Gasteiger partial charge < -0.3 is 15.0 Å². The van der Waals surface area contributed by atoms with Crippen molar-refractivity contribution in [3.8, 4) is 0 Å². The van der Waals surface area contributed by atoms with E-state index in [1.54, 1.807) is 0 Å².